The van der Waals surface area contributed by atoms with Gasteiger partial charge in [-0.1, -0.05) is 18.2 Å². The smallest absolute Gasteiger partial charge is 0.342 e. The molecule has 0 bridgehead atoms. The van der Waals surface area contributed by atoms with Crippen LogP contribution in [0.2, 0.25) is 0 Å². The van der Waals surface area contributed by atoms with E-state index in [1.807, 2.05) is 18.2 Å². The highest BCUT2D eigenvalue weighted by Crippen LogP contribution is 2.10. The molecule has 0 spiro atoms. The van der Waals surface area contributed by atoms with Crippen molar-refractivity contribution in [1.29, 1.82) is 0 Å². The summed E-state index contributed by atoms with van der Waals surface area (Å²) in [6.45, 7) is 1.41. The molecule has 16 heavy (non-hydrogen) atoms. The van der Waals surface area contributed by atoms with E-state index in [1.165, 1.54) is 20.2 Å². The molecule has 0 saturated carbocycles. The molecule has 84 valence electrons. The molecule has 1 aromatic carbocycles. The van der Waals surface area contributed by atoms with Gasteiger partial charge in [0, 0.05) is 6.21 Å². The molecule has 4 heteroatoms. The van der Waals surface area contributed by atoms with Gasteiger partial charge in [-0.25, -0.2) is 4.79 Å². The average molecular weight is 219 g/mol. The molecule has 1 aromatic rings. The van der Waals surface area contributed by atoms with E-state index in [4.69, 9.17) is 0 Å². The highest BCUT2D eigenvalue weighted by Gasteiger charge is 2.10. The second-order valence-electron chi connectivity index (χ2n) is 3.08. The van der Waals surface area contributed by atoms with Crippen molar-refractivity contribution < 1.29 is 14.6 Å². The SMILES string of the molecule is COC(=O)C(C=Nc1ccccc1)=C(C)O. The number of allylic oxidation sites excluding steroid dienone is 1. The first-order chi connectivity index (χ1) is 7.65. The van der Waals surface area contributed by atoms with Crippen LogP contribution in [0, 0.1) is 0 Å². The Kier molecular flexibility index (Phi) is 4.27. The predicted octanol–water partition coefficient (Wildman–Crippen LogP) is 2.39. The monoisotopic (exact) mass is 219 g/mol. The minimum atomic E-state index is -0.611. The number of methoxy groups -OCH3 is 1. The van der Waals surface area contributed by atoms with Crippen molar-refractivity contribution in [2.45, 2.75) is 6.92 Å². The van der Waals surface area contributed by atoms with Gasteiger partial charge in [0.15, 0.2) is 0 Å². The zero-order valence-electron chi connectivity index (χ0n) is 9.18. The van der Waals surface area contributed by atoms with Gasteiger partial charge in [-0.2, -0.15) is 0 Å². The van der Waals surface area contributed by atoms with Crippen LogP contribution in [-0.2, 0) is 9.53 Å². The first-order valence-electron chi connectivity index (χ1n) is 4.72. The molecular formula is C12H13NO3. The number of esters is 1. The Morgan fingerprint density at radius 3 is 2.50 bits per heavy atom. The van der Waals surface area contributed by atoms with Gasteiger partial charge in [0.25, 0.3) is 0 Å². The van der Waals surface area contributed by atoms with Crippen LogP contribution < -0.4 is 0 Å². The van der Waals surface area contributed by atoms with Crippen molar-refractivity contribution in [3.8, 4) is 0 Å². The fraction of sp³-hybridized carbons (Fsp3) is 0.167. The van der Waals surface area contributed by atoms with Crippen LogP contribution in [0.15, 0.2) is 46.7 Å². The lowest BCUT2D eigenvalue weighted by Crippen LogP contribution is -2.08. The van der Waals surface area contributed by atoms with Crippen LogP contribution in [0.1, 0.15) is 6.92 Å². The maximum absolute atomic E-state index is 11.2. The number of aliphatic hydroxyl groups excluding tert-OH is 1. The van der Waals surface area contributed by atoms with Gasteiger partial charge >= 0.3 is 5.97 Å². The Balaban J connectivity index is 2.90. The third-order valence-corrected chi connectivity index (χ3v) is 1.89. The second-order valence-corrected chi connectivity index (χ2v) is 3.08. The third kappa shape index (κ3) is 3.24. The highest BCUT2D eigenvalue weighted by atomic mass is 16.5. The summed E-state index contributed by atoms with van der Waals surface area (Å²) in [4.78, 5) is 15.3. The number of para-hydroxylation sites is 1. The number of hydrogen-bond acceptors (Lipinski definition) is 4. The lowest BCUT2D eigenvalue weighted by molar-refractivity contribution is -0.135. The first kappa shape index (κ1) is 12.0. The van der Waals surface area contributed by atoms with Crippen LogP contribution >= 0.6 is 0 Å². The molecule has 0 radical (unpaired) electrons. The minimum Gasteiger partial charge on any atom is -0.512 e. The van der Waals surface area contributed by atoms with E-state index in [1.54, 1.807) is 12.1 Å². The lowest BCUT2D eigenvalue weighted by Gasteiger charge is -2.00. The summed E-state index contributed by atoms with van der Waals surface area (Å²) in [6.07, 6.45) is 1.29. The highest BCUT2D eigenvalue weighted by molar-refractivity contribution is 6.10. The molecule has 0 fully saturated rings. The van der Waals surface area contributed by atoms with Crippen molar-refractivity contribution in [3.63, 3.8) is 0 Å². The number of hydrogen-bond donors (Lipinski definition) is 1. The molecule has 0 aliphatic rings. The summed E-state index contributed by atoms with van der Waals surface area (Å²) in [5.74, 6) is -0.730. The molecule has 0 aliphatic carbocycles. The number of nitrogens with zero attached hydrogens (tertiary/aromatic N) is 1. The van der Waals surface area contributed by atoms with Gasteiger partial charge in [-0.3, -0.25) is 4.99 Å². The molecule has 4 nitrogen and oxygen atoms in total. The molecule has 0 amide bonds. The maximum atomic E-state index is 11.2. The number of ether oxygens (including phenoxy) is 1. The summed E-state index contributed by atoms with van der Waals surface area (Å²) in [7, 11) is 1.25. The number of rotatable bonds is 3. The van der Waals surface area contributed by atoms with E-state index in [2.05, 4.69) is 9.73 Å². The fourth-order valence-electron chi connectivity index (χ4n) is 1.06. The van der Waals surface area contributed by atoms with Crippen molar-refractivity contribution in [1.82, 2.24) is 0 Å². The predicted molar refractivity (Wildman–Crippen MR) is 61.9 cm³/mol. The van der Waals surface area contributed by atoms with Crippen molar-refractivity contribution >= 4 is 17.9 Å². The topological polar surface area (TPSA) is 58.9 Å². The minimum absolute atomic E-state index is 0.0475. The molecule has 1 N–H and O–H groups in total. The number of benzene rings is 1. The van der Waals surface area contributed by atoms with Gasteiger partial charge < -0.3 is 9.84 Å². The summed E-state index contributed by atoms with van der Waals surface area (Å²) in [5, 5.41) is 9.28. The average Bonchev–Trinajstić information content (AvgIpc) is 2.30. The van der Waals surface area contributed by atoms with Crippen molar-refractivity contribution in [2.24, 2.45) is 4.99 Å². The van der Waals surface area contributed by atoms with E-state index >= 15 is 0 Å². The number of aliphatic hydroxyl groups is 1. The Morgan fingerprint density at radius 2 is 2.00 bits per heavy atom. The second kappa shape index (κ2) is 5.70. The number of carbonyl (C=O) groups excluding carboxylic acids is 1. The van der Waals surface area contributed by atoms with E-state index in [0.717, 1.165) is 0 Å². The lowest BCUT2D eigenvalue weighted by atomic mass is 10.2. The molecule has 0 heterocycles. The van der Waals surface area contributed by atoms with Gasteiger partial charge in [0.05, 0.1) is 12.8 Å². The van der Waals surface area contributed by atoms with Gasteiger partial charge in [0.2, 0.25) is 0 Å². The molecule has 0 aromatic heterocycles. The molecule has 0 unspecified atom stereocenters. The Labute approximate surface area is 93.9 Å². The zero-order chi connectivity index (χ0) is 12.0. The van der Waals surface area contributed by atoms with Gasteiger partial charge in [-0.15, -0.1) is 0 Å². The van der Waals surface area contributed by atoms with Gasteiger partial charge in [0.1, 0.15) is 11.3 Å². The fourth-order valence-corrected chi connectivity index (χ4v) is 1.06. The normalized spacial score (nSPS) is 12.4. The number of aliphatic imine (C=N–C) groups is 1. The number of carbonyl (C=O) groups is 1. The van der Waals surface area contributed by atoms with E-state index in [0.29, 0.717) is 5.69 Å². The Hall–Kier alpha value is -2.10. The van der Waals surface area contributed by atoms with E-state index in [-0.39, 0.29) is 11.3 Å². The van der Waals surface area contributed by atoms with Crippen molar-refractivity contribution in [3.05, 3.63) is 41.7 Å². The quantitative estimate of drug-likeness (QED) is 0.367. The largest absolute Gasteiger partial charge is 0.512 e. The summed E-state index contributed by atoms with van der Waals surface area (Å²) < 4.78 is 4.51. The van der Waals surface area contributed by atoms with Crippen LogP contribution in [0.25, 0.3) is 0 Å². The molecular weight excluding hydrogens is 206 g/mol. The Bertz CT molecular complexity index is 417. The summed E-state index contributed by atoms with van der Waals surface area (Å²) in [5.41, 5.74) is 0.747. The maximum Gasteiger partial charge on any atom is 0.342 e. The van der Waals surface area contributed by atoms with Crippen LogP contribution in [-0.4, -0.2) is 24.4 Å². The summed E-state index contributed by atoms with van der Waals surface area (Å²) >= 11 is 0. The van der Waals surface area contributed by atoms with Crippen molar-refractivity contribution in [2.75, 3.05) is 7.11 Å². The van der Waals surface area contributed by atoms with E-state index in [9.17, 15) is 9.90 Å². The third-order valence-electron chi connectivity index (χ3n) is 1.89. The zero-order valence-corrected chi connectivity index (χ0v) is 9.18. The van der Waals surface area contributed by atoms with Gasteiger partial charge in [-0.05, 0) is 19.1 Å². The van der Waals surface area contributed by atoms with E-state index < -0.39 is 5.97 Å². The molecule has 0 atom stereocenters. The van der Waals surface area contributed by atoms with Crippen LogP contribution in [0.4, 0.5) is 5.69 Å². The molecule has 0 saturated heterocycles. The Morgan fingerprint density at radius 1 is 1.38 bits per heavy atom. The molecule has 1 rings (SSSR count). The standard InChI is InChI=1S/C12H13NO3/c1-9(14)11(12(15)16-2)8-13-10-6-4-3-5-7-10/h3-8,14H,1-2H3. The van der Waals surface area contributed by atoms with Crippen LogP contribution in [0.3, 0.4) is 0 Å². The summed E-state index contributed by atoms with van der Waals surface area (Å²) in [6, 6.07) is 9.11. The first-order valence-corrected chi connectivity index (χ1v) is 4.72. The van der Waals surface area contributed by atoms with Crippen LogP contribution in [0.5, 0.6) is 0 Å². The molecule has 0 aliphatic heterocycles.